The van der Waals surface area contributed by atoms with Crippen LogP contribution in [0.1, 0.15) is 15.9 Å². The molecule has 0 saturated carbocycles. The van der Waals surface area contributed by atoms with Crippen LogP contribution in [0.15, 0.2) is 59.5 Å². The van der Waals surface area contributed by atoms with Gasteiger partial charge in [0.05, 0.1) is 16.6 Å². The van der Waals surface area contributed by atoms with Gasteiger partial charge in [-0.05, 0) is 11.6 Å². The Bertz CT molecular complexity index is 690. The van der Waals surface area contributed by atoms with Gasteiger partial charge in [0.15, 0.2) is 9.84 Å². The number of hydrogen-bond donors (Lipinski definition) is 0. The highest BCUT2D eigenvalue weighted by Gasteiger charge is 2.19. The smallest absolute Gasteiger partial charge is 0.183 e. The zero-order valence-corrected chi connectivity index (χ0v) is 10.8. The summed E-state index contributed by atoms with van der Waals surface area (Å²) in [5.41, 5.74) is 0.300. The van der Waals surface area contributed by atoms with Gasteiger partial charge in [-0.3, -0.25) is 0 Å². The first kappa shape index (κ1) is 13.3. The molecule has 0 heterocycles. The van der Waals surface area contributed by atoms with Crippen LogP contribution in [-0.2, 0) is 15.6 Å². The van der Waals surface area contributed by atoms with Crippen LogP contribution >= 0.6 is 0 Å². The fourth-order valence-electron chi connectivity index (χ4n) is 1.78. The van der Waals surface area contributed by atoms with Gasteiger partial charge in [-0.1, -0.05) is 48.5 Å². The van der Waals surface area contributed by atoms with E-state index in [1.54, 1.807) is 30.3 Å². The van der Waals surface area contributed by atoms with Crippen LogP contribution in [0.2, 0.25) is 0 Å². The Kier molecular flexibility index (Phi) is 3.66. The number of carbonyl (C=O) groups is 1. The standard InChI is InChI=1S/C14H12O4S/c15-14(16)12-8-4-5-9-13(12)19(17,18)10-11-6-2-1-3-7-11/h1-9H,10H2,(H,15,16)/p-1. The van der Waals surface area contributed by atoms with Gasteiger partial charge in [0.1, 0.15) is 0 Å². The molecule has 0 bridgehead atoms. The Labute approximate surface area is 111 Å². The van der Waals surface area contributed by atoms with Gasteiger partial charge in [0, 0.05) is 5.56 Å². The van der Waals surface area contributed by atoms with E-state index in [0.29, 0.717) is 5.56 Å². The minimum atomic E-state index is -3.71. The molecule has 0 fully saturated rings. The van der Waals surface area contributed by atoms with E-state index in [-0.39, 0.29) is 16.2 Å². The quantitative estimate of drug-likeness (QED) is 0.835. The highest BCUT2D eigenvalue weighted by molar-refractivity contribution is 7.90. The van der Waals surface area contributed by atoms with Crippen molar-refractivity contribution in [3.05, 3.63) is 65.7 Å². The number of aromatic carboxylic acids is 1. The van der Waals surface area contributed by atoms with E-state index in [9.17, 15) is 18.3 Å². The summed E-state index contributed by atoms with van der Waals surface area (Å²) in [6, 6.07) is 14.1. The summed E-state index contributed by atoms with van der Waals surface area (Å²) >= 11 is 0. The van der Waals surface area contributed by atoms with E-state index < -0.39 is 15.8 Å². The maximum Gasteiger partial charge on any atom is 0.183 e. The van der Waals surface area contributed by atoms with E-state index in [1.165, 1.54) is 24.3 Å². The molecule has 0 radical (unpaired) electrons. The first-order valence-corrected chi connectivity index (χ1v) is 7.23. The van der Waals surface area contributed by atoms with E-state index in [2.05, 4.69) is 0 Å². The Morgan fingerprint density at radius 2 is 1.53 bits per heavy atom. The van der Waals surface area contributed by atoms with Gasteiger partial charge in [-0.2, -0.15) is 0 Å². The molecule has 19 heavy (non-hydrogen) atoms. The summed E-state index contributed by atoms with van der Waals surface area (Å²) in [4.78, 5) is 10.7. The molecule has 0 unspecified atom stereocenters. The average molecular weight is 275 g/mol. The largest absolute Gasteiger partial charge is 0.545 e. The summed E-state index contributed by atoms with van der Waals surface area (Å²) in [6.07, 6.45) is 0. The van der Waals surface area contributed by atoms with Crippen LogP contribution < -0.4 is 5.11 Å². The van der Waals surface area contributed by atoms with Gasteiger partial charge < -0.3 is 9.90 Å². The third kappa shape index (κ3) is 3.00. The summed E-state index contributed by atoms with van der Waals surface area (Å²) < 4.78 is 24.5. The SMILES string of the molecule is O=C([O-])c1ccccc1S(=O)(=O)Cc1ccccc1. The topological polar surface area (TPSA) is 74.3 Å². The molecular formula is C14H11O4S-. The van der Waals surface area contributed by atoms with Crippen LogP contribution in [0.5, 0.6) is 0 Å². The number of carboxylic acid groups (broad SMARTS) is 1. The Morgan fingerprint density at radius 1 is 0.947 bits per heavy atom. The first-order chi connectivity index (χ1) is 9.00. The predicted molar refractivity (Wildman–Crippen MR) is 68.1 cm³/mol. The normalized spacial score (nSPS) is 11.2. The van der Waals surface area contributed by atoms with Crippen molar-refractivity contribution in [3.63, 3.8) is 0 Å². The lowest BCUT2D eigenvalue weighted by Gasteiger charge is -2.11. The molecule has 0 saturated heterocycles. The number of carbonyl (C=O) groups excluding carboxylic acids is 1. The average Bonchev–Trinajstić information content (AvgIpc) is 2.39. The second-order valence-corrected chi connectivity index (χ2v) is 5.99. The number of carboxylic acids is 1. The summed E-state index contributed by atoms with van der Waals surface area (Å²) in [7, 11) is -3.71. The Balaban J connectivity index is 2.43. The van der Waals surface area contributed by atoms with Crippen LogP contribution in [0.3, 0.4) is 0 Å². The molecule has 0 aliphatic rings. The maximum atomic E-state index is 12.2. The van der Waals surface area contributed by atoms with Crippen molar-refractivity contribution in [2.45, 2.75) is 10.6 Å². The van der Waals surface area contributed by atoms with Gasteiger partial charge >= 0.3 is 0 Å². The number of hydrogen-bond acceptors (Lipinski definition) is 4. The fraction of sp³-hybridized carbons (Fsp3) is 0.0714. The molecular weight excluding hydrogens is 264 g/mol. The number of rotatable bonds is 4. The number of sulfone groups is 1. The monoisotopic (exact) mass is 275 g/mol. The number of benzene rings is 2. The predicted octanol–water partition coefficient (Wildman–Crippen LogP) is 1.02. The Morgan fingerprint density at radius 3 is 2.16 bits per heavy atom. The van der Waals surface area contributed by atoms with Crippen LogP contribution in [0.4, 0.5) is 0 Å². The van der Waals surface area contributed by atoms with Crippen molar-refractivity contribution in [2.75, 3.05) is 0 Å². The Hall–Kier alpha value is -2.14. The van der Waals surface area contributed by atoms with Crippen molar-refractivity contribution in [1.29, 1.82) is 0 Å². The lowest BCUT2D eigenvalue weighted by Crippen LogP contribution is -2.25. The molecule has 2 rings (SSSR count). The van der Waals surface area contributed by atoms with Crippen molar-refractivity contribution in [1.82, 2.24) is 0 Å². The molecule has 0 aliphatic heterocycles. The maximum absolute atomic E-state index is 12.2. The second-order valence-electron chi connectivity index (χ2n) is 4.03. The summed E-state index contributed by atoms with van der Waals surface area (Å²) in [5, 5.41) is 10.9. The molecule has 0 N–H and O–H groups in total. The van der Waals surface area contributed by atoms with Gasteiger partial charge in [-0.15, -0.1) is 0 Å². The third-order valence-corrected chi connectivity index (χ3v) is 4.38. The van der Waals surface area contributed by atoms with Crippen molar-refractivity contribution in [2.24, 2.45) is 0 Å². The van der Waals surface area contributed by atoms with Gasteiger partial charge in [0.2, 0.25) is 0 Å². The minimum absolute atomic E-state index is 0.209. The lowest BCUT2D eigenvalue weighted by atomic mass is 10.2. The van der Waals surface area contributed by atoms with Gasteiger partial charge in [-0.25, -0.2) is 8.42 Å². The minimum Gasteiger partial charge on any atom is -0.545 e. The molecule has 0 spiro atoms. The molecule has 2 aromatic rings. The molecule has 98 valence electrons. The van der Waals surface area contributed by atoms with Crippen LogP contribution in [-0.4, -0.2) is 14.4 Å². The zero-order valence-electron chi connectivity index (χ0n) is 9.94. The van der Waals surface area contributed by atoms with Crippen LogP contribution in [0.25, 0.3) is 0 Å². The molecule has 0 aliphatic carbocycles. The molecule has 2 aromatic carbocycles. The first-order valence-electron chi connectivity index (χ1n) is 5.58. The van der Waals surface area contributed by atoms with Crippen molar-refractivity contribution in [3.8, 4) is 0 Å². The van der Waals surface area contributed by atoms with Crippen molar-refractivity contribution >= 4 is 15.8 Å². The molecule has 5 heteroatoms. The van der Waals surface area contributed by atoms with Gasteiger partial charge in [0.25, 0.3) is 0 Å². The highest BCUT2D eigenvalue weighted by atomic mass is 32.2. The molecule has 0 atom stereocenters. The summed E-state index contributed by atoms with van der Waals surface area (Å²) in [6.45, 7) is 0. The molecule has 0 aromatic heterocycles. The molecule has 0 amide bonds. The van der Waals surface area contributed by atoms with E-state index in [1.807, 2.05) is 0 Å². The third-order valence-electron chi connectivity index (χ3n) is 2.64. The van der Waals surface area contributed by atoms with Crippen molar-refractivity contribution < 1.29 is 18.3 Å². The molecule has 4 nitrogen and oxygen atoms in total. The lowest BCUT2D eigenvalue weighted by molar-refractivity contribution is -0.255. The van der Waals surface area contributed by atoms with E-state index in [4.69, 9.17) is 0 Å². The fourth-order valence-corrected chi connectivity index (χ4v) is 3.34. The second kappa shape index (κ2) is 5.24. The zero-order chi connectivity index (χ0) is 13.9. The highest BCUT2D eigenvalue weighted by Crippen LogP contribution is 2.20. The summed E-state index contributed by atoms with van der Waals surface area (Å²) in [5.74, 6) is -1.73. The van der Waals surface area contributed by atoms with Crippen LogP contribution in [0, 0.1) is 0 Å². The van der Waals surface area contributed by atoms with E-state index in [0.717, 1.165) is 0 Å². The van der Waals surface area contributed by atoms with E-state index >= 15 is 0 Å².